The largest absolute Gasteiger partial charge is 0.439 e. The summed E-state index contributed by atoms with van der Waals surface area (Å²) in [4.78, 5) is 14.2. The molecule has 0 aliphatic carbocycles. The summed E-state index contributed by atoms with van der Waals surface area (Å²) < 4.78 is 51.1. The van der Waals surface area contributed by atoms with E-state index in [0.717, 1.165) is 35.2 Å². The van der Waals surface area contributed by atoms with Gasteiger partial charge in [-0.3, -0.25) is 4.72 Å². The Morgan fingerprint density at radius 3 is 2.40 bits per heavy atom. The molecule has 2 heterocycles. The van der Waals surface area contributed by atoms with E-state index in [2.05, 4.69) is 28.5 Å². The van der Waals surface area contributed by atoms with Crippen molar-refractivity contribution in [1.29, 1.82) is 0 Å². The van der Waals surface area contributed by atoms with Gasteiger partial charge in [0.25, 0.3) is 0 Å². The molecule has 1 aliphatic heterocycles. The van der Waals surface area contributed by atoms with Gasteiger partial charge >= 0.3 is 6.18 Å². The molecule has 220 valence electrons. The van der Waals surface area contributed by atoms with Crippen LogP contribution in [0.4, 0.5) is 30.5 Å². The molecule has 11 heteroatoms. The van der Waals surface area contributed by atoms with E-state index in [4.69, 9.17) is 15.5 Å². The number of likely N-dealkylation sites (N-methyl/N-ethyl adjacent to an activating group) is 1. The van der Waals surface area contributed by atoms with E-state index in [-0.39, 0.29) is 23.5 Å². The first-order valence-electron chi connectivity index (χ1n) is 13.7. The quantitative estimate of drug-likeness (QED) is 0.160. The van der Waals surface area contributed by atoms with Crippen LogP contribution in [0.1, 0.15) is 30.9 Å². The number of nitrogens with zero attached hydrogens (tertiary/aromatic N) is 4. The maximum atomic E-state index is 13.9. The van der Waals surface area contributed by atoms with Gasteiger partial charge in [-0.15, -0.1) is 0 Å². The Balaban J connectivity index is 1.53. The minimum Gasteiger partial charge on any atom is -0.439 e. The van der Waals surface area contributed by atoms with Gasteiger partial charge in [-0.25, -0.2) is 4.98 Å². The van der Waals surface area contributed by atoms with Gasteiger partial charge < -0.3 is 20.3 Å². The van der Waals surface area contributed by atoms with E-state index in [1.165, 1.54) is 18.0 Å². The van der Waals surface area contributed by atoms with Crippen LogP contribution in [0, 0.1) is 0 Å². The first-order valence-corrected chi connectivity index (χ1v) is 14.5. The van der Waals surface area contributed by atoms with Crippen molar-refractivity contribution in [2.45, 2.75) is 30.8 Å². The predicted octanol–water partition coefficient (Wildman–Crippen LogP) is 7.53. The Kier molecular flexibility index (Phi) is 8.79. The van der Waals surface area contributed by atoms with Crippen LogP contribution in [0.5, 0.6) is 11.6 Å². The van der Waals surface area contributed by atoms with Crippen molar-refractivity contribution in [2.24, 2.45) is 0 Å². The van der Waals surface area contributed by atoms with Crippen LogP contribution in [0.2, 0.25) is 0 Å². The van der Waals surface area contributed by atoms with E-state index in [9.17, 15) is 13.2 Å². The van der Waals surface area contributed by atoms with Crippen molar-refractivity contribution >= 4 is 29.3 Å². The standard InChI is InChI=1S/C31H33F3N6OS/c1-20(2)26-9-4-5-10-27(26)28-19-29(37-30(36-28)38-42-25-8-6-7-22(35)17-25)41-24-16-21(31(32,33)34)15-23(18-24)40-13-11-39(3)12-14-40/h4-10,15-20H,11-14,35H2,1-3H3,(H,36,37,38). The van der Waals surface area contributed by atoms with Crippen molar-refractivity contribution in [2.75, 3.05) is 48.6 Å². The summed E-state index contributed by atoms with van der Waals surface area (Å²) in [6, 6.07) is 20.7. The highest BCUT2D eigenvalue weighted by atomic mass is 32.2. The highest BCUT2D eigenvalue weighted by Gasteiger charge is 2.32. The predicted molar refractivity (Wildman–Crippen MR) is 163 cm³/mol. The molecule has 0 amide bonds. The number of hydrogen-bond donors (Lipinski definition) is 2. The van der Waals surface area contributed by atoms with Gasteiger partial charge in [-0.05, 0) is 60.8 Å². The molecule has 42 heavy (non-hydrogen) atoms. The molecule has 0 spiro atoms. The summed E-state index contributed by atoms with van der Waals surface area (Å²) in [7, 11) is 2.00. The summed E-state index contributed by atoms with van der Waals surface area (Å²) in [5, 5.41) is 0. The number of benzene rings is 3. The number of nitrogens with one attached hydrogen (secondary N) is 1. The summed E-state index contributed by atoms with van der Waals surface area (Å²) >= 11 is 1.27. The summed E-state index contributed by atoms with van der Waals surface area (Å²) in [5.41, 5.74) is 8.78. The highest BCUT2D eigenvalue weighted by molar-refractivity contribution is 8.00. The first kappa shape index (κ1) is 29.5. The van der Waals surface area contributed by atoms with Crippen LogP contribution in [-0.4, -0.2) is 48.1 Å². The number of nitrogens with two attached hydrogens (primary N) is 1. The average molecular weight is 595 g/mol. The average Bonchev–Trinajstić information content (AvgIpc) is 2.96. The number of ether oxygens (including phenoxy) is 1. The summed E-state index contributed by atoms with van der Waals surface area (Å²) in [5.74, 6) is 0.640. The number of anilines is 3. The Morgan fingerprint density at radius 1 is 0.929 bits per heavy atom. The van der Waals surface area contributed by atoms with Crippen molar-refractivity contribution in [3.63, 3.8) is 0 Å². The Labute approximate surface area is 248 Å². The van der Waals surface area contributed by atoms with Crippen LogP contribution in [0.25, 0.3) is 11.3 Å². The number of halogens is 3. The Hall–Kier alpha value is -3.96. The molecular weight excluding hydrogens is 561 g/mol. The third-order valence-corrected chi connectivity index (χ3v) is 7.76. The molecule has 0 unspecified atom stereocenters. The molecule has 3 aromatic carbocycles. The lowest BCUT2D eigenvalue weighted by Crippen LogP contribution is -2.44. The van der Waals surface area contributed by atoms with Gasteiger partial charge in [0.2, 0.25) is 11.8 Å². The van der Waals surface area contributed by atoms with Gasteiger partial charge in [0.1, 0.15) is 5.75 Å². The second-order valence-electron chi connectivity index (χ2n) is 10.5. The fourth-order valence-electron chi connectivity index (χ4n) is 4.75. The molecule has 4 aromatic rings. The molecule has 1 aliphatic rings. The number of alkyl halides is 3. The topological polar surface area (TPSA) is 79.5 Å². The lowest BCUT2D eigenvalue weighted by atomic mass is 9.95. The monoisotopic (exact) mass is 594 g/mol. The van der Waals surface area contributed by atoms with Crippen LogP contribution < -0.4 is 20.1 Å². The highest BCUT2D eigenvalue weighted by Crippen LogP contribution is 2.38. The van der Waals surface area contributed by atoms with Gasteiger partial charge in [-0.1, -0.05) is 44.2 Å². The third kappa shape index (κ3) is 7.27. The normalized spacial score (nSPS) is 14.3. The van der Waals surface area contributed by atoms with Gasteiger partial charge in [-0.2, -0.15) is 18.2 Å². The fourth-order valence-corrected chi connectivity index (χ4v) is 5.39. The second-order valence-corrected chi connectivity index (χ2v) is 11.4. The molecule has 1 saturated heterocycles. The molecule has 3 N–H and O–H groups in total. The van der Waals surface area contributed by atoms with Crippen molar-refractivity contribution in [1.82, 2.24) is 14.9 Å². The molecule has 0 atom stereocenters. The zero-order valence-corrected chi connectivity index (χ0v) is 24.5. The van der Waals surface area contributed by atoms with E-state index < -0.39 is 11.7 Å². The maximum Gasteiger partial charge on any atom is 0.416 e. The maximum absolute atomic E-state index is 13.9. The number of nitrogen functional groups attached to an aromatic ring is 1. The minimum absolute atomic E-state index is 0.0509. The summed E-state index contributed by atoms with van der Waals surface area (Å²) in [6.45, 7) is 6.95. The van der Waals surface area contributed by atoms with Gasteiger partial charge in [0.15, 0.2) is 0 Å². The molecule has 1 fully saturated rings. The molecule has 0 radical (unpaired) electrons. The molecule has 1 aromatic heterocycles. The Morgan fingerprint density at radius 2 is 1.69 bits per heavy atom. The SMILES string of the molecule is CC(C)c1ccccc1-c1cc(Oc2cc(N3CCN(C)CC3)cc(C(F)(F)F)c2)nc(NSc2cccc(N)c2)n1. The third-order valence-electron chi connectivity index (χ3n) is 6.99. The number of rotatable bonds is 8. The van der Waals surface area contributed by atoms with Crippen molar-refractivity contribution in [3.05, 3.63) is 83.9 Å². The smallest absolute Gasteiger partial charge is 0.416 e. The van der Waals surface area contributed by atoms with Crippen molar-refractivity contribution in [3.8, 4) is 22.9 Å². The van der Waals surface area contributed by atoms with Crippen LogP contribution in [0.3, 0.4) is 0 Å². The molecular formula is C31H33F3N6OS. The van der Waals surface area contributed by atoms with E-state index in [0.29, 0.717) is 30.2 Å². The van der Waals surface area contributed by atoms with E-state index >= 15 is 0 Å². The summed E-state index contributed by atoms with van der Waals surface area (Å²) in [6.07, 6.45) is -4.53. The molecule has 5 rings (SSSR count). The molecule has 0 saturated carbocycles. The van der Waals surface area contributed by atoms with Crippen LogP contribution >= 0.6 is 11.9 Å². The first-order chi connectivity index (χ1) is 20.0. The molecule has 0 bridgehead atoms. The van der Waals surface area contributed by atoms with Crippen LogP contribution in [-0.2, 0) is 6.18 Å². The number of piperazine rings is 1. The zero-order valence-electron chi connectivity index (χ0n) is 23.7. The Bertz CT molecular complexity index is 1540. The fraction of sp³-hybridized carbons (Fsp3) is 0.290. The number of hydrogen-bond acceptors (Lipinski definition) is 8. The minimum atomic E-state index is -4.53. The van der Waals surface area contributed by atoms with Gasteiger partial charge in [0.05, 0.1) is 11.3 Å². The van der Waals surface area contributed by atoms with E-state index in [1.807, 2.05) is 54.4 Å². The zero-order chi connectivity index (χ0) is 29.9. The number of aromatic nitrogens is 2. The molecule has 7 nitrogen and oxygen atoms in total. The van der Waals surface area contributed by atoms with Crippen molar-refractivity contribution < 1.29 is 17.9 Å². The van der Waals surface area contributed by atoms with Gasteiger partial charge in [0, 0.05) is 60.1 Å². The lowest BCUT2D eigenvalue weighted by Gasteiger charge is -2.34. The lowest BCUT2D eigenvalue weighted by molar-refractivity contribution is -0.137. The van der Waals surface area contributed by atoms with Crippen LogP contribution in [0.15, 0.2) is 77.7 Å². The second kappa shape index (κ2) is 12.5. The van der Waals surface area contributed by atoms with E-state index in [1.54, 1.807) is 18.2 Å².